The minimum absolute atomic E-state index is 0.0682. The van der Waals surface area contributed by atoms with Crippen molar-refractivity contribution < 1.29 is 14.3 Å². The molecule has 0 spiro atoms. The van der Waals surface area contributed by atoms with E-state index in [2.05, 4.69) is 0 Å². The second-order valence-electron chi connectivity index (χ2n) is 7.92. The minimum atomic E-state index is -1.24. The number of Topliss-reactive ketones (excluding diaryl/α,β-unsaturated/α-hetero) is 1. The molecule has 3 aromatic carbocycles. The first-order valence-corrected chi connectivity index (χ1v) is 11.3. The Morgan fingerprint density at radius 1 is 1.00 bits per heavy atom. The van der Waals surface area contributed by atoms with E-state index >= 15 is 0 Å². The van der Waals surface area contributed by atoms with Gasteiger partial charge in [-0.3, -0.25) is 4.79 Å². The van der Waals surface area contributed by atoms with Gasteiger partial charge in [0.1, 0.15) is 12.0 Å². The largest absolute Gasteiger partial charge is 0.496 e. The highest BCUT2D eigenvalue weighted by Gasteiger charge is 2.46. The normalized spacial score (nSPS) is 20.3. The molecule has 0 saturated carbocycles. The number of benzene rings is 3. The van der Waals surface area contributed by atoms with E-state index in [0.717, 1.165) is 11.8 Å². The lowest BCUT2D eigenvalue weighted by molar-refractivity contribution is -0.116. The van der Waals surface area contributed by atoms with E-state index in [9.17, 15) is 9.59 Å². The molecule has 0 bridgehead atoms. The maximum Gasteiger partial charge on any atom is 0.164 e. The van der Waals surface area contributed by atoms with E-state index in [1.165, 1.54) is 7.11 Å². The van der Waals surface area contributed by atoms with Gasteiger partial charge in [-0.05, 0) is 53.6 Å². The van der Waals surface area contributed by atoms with Crippen molar-refractivity contribution >= 4 is 58.1 Å². The van der Waals surface area contributed by atoms with Gasteiger partial charge in [-0.15, -0.1) is 0 Å². The second kappa shape index (κ2) is 9.22. The molecule has 0 aliphatic heterocycles. The summed E-state index contributed by atoms with van der Waals surface area (Å²) in [5, 5.41) is 1.44. The molecule has 0 heterocycles. The summed E-state index contributed by atoms with van der Waals surface area (Å²) in [6, 6.07) is 17.2. The van der Waals surface area contributed by atoms with Crippen molar-refractivity contribution in [1.29, 1.82) is 0 Å². The second-order valence-corrected chi connectivity index (χ2v) is 9.23. The van der Waals surface area contributed by atoms with Crippen LogP contribution in [0.25, 0.3) is 5.57 Å². The number of hydrogen-bond donors (Lipinski definition) is 1. The highest BCUT2D eigenvalue weighted by molar-refractivity contribution is 6.32. The molecular formula is C26H20Cl3NO3. The number of carbonyl (C=O) groups excluding carboxylic acids is 2. The molecule has 3 aromatic rings. The SMILES string of the molecule is COc1cc(Cl)ccc1C1=C[C@](C=O)(c2ccc(Cl)cc2N)[C@H](c2cccc(Cl)c2)CC1=O. The summed E-state index contributed by atoms with van der Waals surface area (Å²) in [6.45, 7) is 0. The van der Waals surface area contributed by atoms with Crippen molar-refractivity contribution in [3.63, 3.8) is 0 Å². The number of hydrogen-bond acceptors (Lipinski definition) is 4. The molecule has 168 valence electrons. The van der Waals surface area contributed by atoms with Crippen LogP contribution in [0.5, 0.6) is 5.75 Å². The van der Waals surface area contributed by atoms with E-state index in [4.69, 9.17) is 45.3 Å². The monoisotopic (exact) mass is 499 g/mol. The zero-order chi connectivity index (χ0) is 23.8. The third-order valence-electron chi connectivity index (χ3n) is 6.03. The maximum atomic E-state index is 13.4. The molecule has 1 aliphatic carbocycles. The van der Waals surface area contributed by atoms with E-state index in [1.54, 1.807) is 60.7 Å². The Hall–Kier alpha value is -2.79. The van der Waals surface area contributed by atoms with Crippen LogP contribution in [0.4, 0.5) is 5.69 Å². The number of ketones is 1. The van der Waals surface area contributed by atoms with E-state index in [0.29, 0.717) is 43.2 Å². The Balaban J connectivity index is 2.02. The Morgan fingerprint density at radius 2 is 1.70 bits per heavy atom. The van der Waals surface area contributed by atoms with E-state index < -0.39 is 11.3 Å². The average Bonchev–Trinajstić information content (AvgIpc) is 2.79. The fourth-order valence-corrected chi connectivity index (χ4v) is 5.03. The van der Waals surface area contributed by atoms with Crippen LogP contribution in [0, 0.1) is 0 Å². The van der Waals surface area contributed by atoms with Crippen LogP contribution in [0.2, 0.25) is 15.1 Å². The molecule has 0 amide bonds. The number of allylic oxidation sites excluding steroid dienone is 2. The minimum Gasteiger partial charge on any atom is -0.496 e. The molecule has 4 nitrogen and oxygen atoms in total. The fraction of sp³-hybridized carbons (Fsp3) is 0.154. The standard InChI is InChI=1S/C26H20Cl3NO3/c1-33-25-11-18(29)5-7-19(25)20-13-26(14-31,21-8-6-17(28)10-23(21)30)22(12-24(20)32)15-3-2-4-16(27)9-15/h2-11,13-14,22H,12,30H2,1H3/t22-,26-/m0/s1. The predicted molar refractivity (Wildman–Crippen MR) is 133 cm³/mol. The van der Waals surface area contributed by atoms with Crippen LogP contribution < -0.4 is 10.5 Å². The highest BCUT2D eigenvalue weighted by atomic mass is 35.5. The Labute approximate surface area is 206 Å². The van der Waals surface area contributed by atoms with Gasteiger partial charge >= 0.3 is 0 Å². The topological polar surface area (TPSA) is 69.4 Å². The molecule has 0 aromatic heterocycles. The van der Waals surface area contributed by atoms with Gasteiger partial charge in [0.25, 0.3) is 0 Å². The molecule has 0 radical (unpaired) electrons. The quantitative estimate of drug-likeness (QED) is 0.320. The van der Waals surface area contributed by atoms with Gasteiger partial charge in [0, 0.05) is 44.2 Å². The van der Waals surface area contributed by atoms with Crippen LogP contribution in [0.1, 0.15) is 29.0 Å². The van der Waals surface area contributed by atoms with Gasteiger partial charge in [0.2, 0.25) is 0 Å². The number of halogens is 3. The molecular weight excluding hydrogens is 481 g/mol. The lowest BCUT2D eigenvalue weighted by Crippen LogP contribution is -2.39. The third kappa shape index (κ3) is 4.26. The molecule has 0 fully saturated rings. The van der Waals surface area contributed by atoms with Gasteiger partial charge in [0.15, 0.2) is 5.78 Å². The third-order valence-corrected chi connectivity index (χ3v) is 6.73. The molecule has 1 aliphatic rings. The summed E-state index contributed by atoms with van der Waals surface area (Å²) >= 11 is 18.5. The molecule has 33 heavy (non-hydrogen) atoms. The van der Waals surface area contributed by atoms with Crippen molar-refractivity contribution in [2.75, 3.05) is 12.8 Å². The summed E-state index contributed by atoms with van der Waals surface area (Å²) in [4.78, 5) is 26.4. The van der Waals surface area contributed by atoms with E-state index in [-0.39, 0.29) is 12.2 Å². The maximum absolute atomic E-state index is 13.4. The smallest absolute Gasteiger partial charge is 0.164 e. The number of aldehydes is 1. The zero-order valence-electron chi connectivity index (χ0n) is 17.6. The van der Waals surface area contributed by atoms with Gasteiger partial charge < -0.3 is 15.3 Å². The van der Waals surface area contributed by atoms with E-state index in [1.807, 2.05) is 6.07 Å². The van der Waals surface area contributed by atoms with Crippen molar-refractivity contribution in [3.8, 4) is 5.75 Å². The number of anilines is 1. The summed E-state index contributed by atoms with van der Waals surface area (Å²) in [5.41, 5.74) is 7.70. The van der Waals surface area contributed by atoms with Crippen molar-refractivity contribution in [2.24, 2.45) is 0 Å². The average molecular weight is 501 g/mol. The zero-order valence-corrected chi connectivity index (χ0v) is 19.9. The Bertz CT molecular complexity index is 1290. The predicted octanol–water partition coefficient (Wildman–Crippen LogP) is 6.51. The number of nitrogen functional groups attached to an aromatic ring is 1. The van der Waals surface area contributed by atoms with Crippen molar-refractivity contribution in [1.82, 2.24) is 0 Å². The first kappa shape index (κ1) is 23.4. The first-order chi connectivity index (χ1) is 15.8. The number of methoxy groups -OCH3 is 1. The molecule has 4 rings (SSSR count). The van der Waals surface area contributed by atoms with Crippen LogP contribution in [-0.2, 0) is 15.0 Å². The number of ether oxygens (including phenoxy) is 1. The first-order valence-electron chi connectivity index (χ1n) is 10.2. The molecule has 2 N–H and O–H groups in total. The summed E-state index contributed by atoms with van der Waals surface area (Å²) in [6.07, 6.45) is 2.59. The van der Waals surface area contributed by atoms with Gasteiger partial charge in [-0.2, -0.15) is 0 Å². The fourth-order valence-electron chi connectivity index (χ4n) is 4.49. The lowest BCUT2D eigenvalue weighted by atomic mass is 9.61. The number of rotatable bonds is 5. The van der Waals surface area contributed by atoms with Crippen LogP contribution in [-0.4, -0.2) is 19.2 Å². The van der Waals surface area contributed by atoms with Gasteiger partial charge in [-0.1, -0.05) is 59.1 Å². The van der Waals surface area contributed by atoms with Crippen LogP contribution >= 0.6 is 34.8 Å². The van der Waals surface area contributed by atoms with Crippen LogP contribution in [0.15, 0.2) is 66.7 Å². The van der Waals surface area contributed by atoms with Crippen LogP contribution in [0.3, 0.4) is 0 Å². The molecule has 2 atom stereocenters. The molecule has 0 unspecified atom stereocenters. The highest BCUT2D eigenvalue weighted by Crippen LogP contribution is 2.50. The van der Waals surface area contributed by atoms with Crippen molar-refractivity contribution in [3.05, 3.63) is 98.5 Å². The number of carbonyl (C=O) groups is 2. The van der Waals surface area contributed by atoms with Gasteiger partial charge in [0.05, 0.1) is 12.5 Å². The molecule has 0 saturated heterocycles. The molecule has 7 heteroatoms. The van der Waals surface area contributed by atoms with Gasteiger partial charge in [-0.25, -0.2) is 0 Å². The lowest BCUT2D eigenvalue weighted by Gasteiger charge is -2.39. The summed E-state index contributed by atoms with van der Waals surface area (Å²) < 4.78 is 5.48. The van der Waals surface area contributed by atoms with Crippen molar-refractivity contribution in [2.45, 2.75) is 17.8 Å². The summed E-state index contributed by atoms with van der Waals surface area (Å²) in [5.74, 6) is -0.218. The number of nitrogens with two attached hydrogens (primary N) is 1. The summed E-state index contributed by atoms with van der Waals surface area (Å²) in [7, 11) is 1.50. The Morgan fingerprint density at radius 3 is 2.36 bits per heavy atom. The Kier molecular flexibility index (Phi) is 6.53.